The van der Waals surface area contributed by atoms with Crippen LogP contribution in [0.1, 0.15) is 30.6 Å². The van der Waals surface area contributed by atoms with Gasteiger partial charge in [-0.3, -0.25) is 4.79 Å². The second kappa shape index (κ2) is 6.52. The molecule has 0 aliphatic carbocycles. The molecule has 1 amide bonds. The lowest BCUT2D eigenvalue weighted by atomic mass is 9.89. The predicted molar refractivity (Wildman–Crippen MR) is 73.4 cm³/mol. The smallest absolute Gasteiger partial charge is 0.251 e. The fourth-order valence-corrected chi connectivity index (χ4v) is 1.56. The number of halogens is 1. The van der Waals surface area contributed by atoms with E-state index in [1.807, 2.05) is 13.8 Å². The average molecular weight is 268 g/mol. The average Bonchev–Trinajstić information content (AvgIpc) is 2.37. The van der Waals surface area contributed by atoms with Gasteiger partial charge in [0.2, 0.25) is 0 Å². The maximum Gasteiger partial charge on any atom is 0.251 e. The Balaban J connectivity index is 2.57. The molecule has 1 rings (SSSR count). The molecule has 0 bridgehead atoms. The topological polar surface area (TPSA) is 64.3 Å². The standard InChI is InChI=1S/C14H21FN2O2/c1-14(2,6-7-19-3)9-17-13(18)10-4-5-12(16)11(15)8-10/h4-5,8H,6-7,9,16H2,1-3H3,(H,17,18). The molecule has 0 aliphatic heterocycles. The molecule has 0 radical (unpaired) electrons. The zero-order chi connectivity index (χ0) is 14.5. The van der Waals surface area contributed by atoms with E-state index in [0.717, 1.165) is 12.5 Å². The van der Waals surface area contributed by atoms with E-state index in [0.29, 0.717) is 13.2 Å². The SMILES string of the molecule is COCCC(C)(C)CNC(=O)c1ccc(N)c(F)c1. The molecule has 0 spiro atoms. The van der Waals surface area contributed by atoms with Crippen LogP contribution >= 0.6 is 0 Å². The van der Waals surface area contributed by atoms with Gasteiger partial charge in [0.15, 0.2) is 0 Å². The molecule has 0 aromatic heterocycles. The second-order valence-corrected chi connectivity index (χ2v) is 5.33. The molecule has 3 N–H and O–H groups in total. The Labute approximate surface area is 113 Å². The summed E-state index contributed by atoms with van der Waals surface area (Å²) in [5.74, 6) is -0.879. The van der Waals surface area contributed by atoms with E-state index in [-0.39, 0.29) is 22.6 Å². The molecule has 0 atom stereocenters. The summed E-state index contributed by atoms with van der Waals surface area (Å²) >= 11 is 0. The molecule has 19 heavy (non-hydrogen) atoms. The van der Waals surface area contributed by atoms with Gasteiger partial charge in [-0.25, -0.2) is 4.39 Å². The zero-order valence-corrected chi connectivity index (χ0v) is 11.6. The lowest BCUT2D eigenvalue weighted by Crippen LogP contribution is -2.34. The van der Waals surface area contributed by atoms with Gasteiger partial charge in [0, 0.05) is 25.8 Å². The van der Waals surface area contributed by atoms with Crippen LogP contribution in [0.4, 0.5) is 10.1 Å². The van der Waals surface area contributed by atoms with Crippen molar-refractivity contribution in [3.63, 3.8) is 0 Å². The van der Waals surface area contributed by atoms with Crippen molar-refractivity contribution >= 4 is 11.6 Å². The normalized spacial score (nSPS) is 11.4. The molecular weight excluding hydrogens is 247 g/mol. The first-order valence-corrected chi connectivity index (χ1v) is 6.18. The Morgan fingerprint density at radius 1 is 1.47 bits per heavy atom. The van der Waals surface area contributed by atoms with Crippen molar-refractivity contribution in [2.24, 2.45) is 5.41 Å². The number of hydrogen-bond donors (Lipinski definition) is 2. The number of carbonyl (C=O) groups excluding carboxylic acids is 1. The Morgan fingerprint density at radius 3 is 2.74 bits per heavy atom. The van der Waals surface area contributed by atoms with Crippen LogP contribution in [0, 0.1) is 11.2 Å². The number of hydrogen-bond acceptors (Lipinski definition) is 3. The van der Waals surface area contributed by atoms with E-state index < -0.39 is 5.82 Å². The van der Waals surface area contributed by atoms with Crippen molar-refractivity contribution in [2.45, 2.75) is 20.3 Å². The molecule has 1 aromatic rings. The number of carbonyl (C=O) groups is 1. The quantitative estimate of drug-likeness (QED) is 0.777. The zero-order valence-electron chi connectivity index (χ0n) is 11.6. The Kier molecular flexibility index (Phi) is 5.30. The molecule has 0 saturated carbocycles. The van der Waals surface area contributed by atoms with E-state index in [1.54, 1.807) is 7.11 Å². The van der Waals surface area contributed by atoms with E-state index in [1.165, 1.54) is 12.1 Å². The van der Waals surface area contributed by atoms with Gasteiger partial charge < -0.3 is 15.8 Å². The number of ether oxygens (including phenoxy) is 1. The molecule has 0 heterocycles. The van der Waals surface area contributed by atoms with Crippen molar-refractivity contribution in [3.8, 4) is 0 Å². The third kappa shape index (κ3) is 4.87. The molecule has 0 saturated heterocycles. The fourth-order valence-electron chi connectivity index (χ4n) is 1.56. The van der Waals surface area contributed by atoms with Crippen LogP contribution in [0.25, 0.3) is 0 Å². The highest BCUT2D eigenvalue weighted by atomic mass is 19.1. The summed E-state index contributed by atoms with van der Waals surface area (Å²) in [6.45, 7) is 5.21. The van der Waals surface area contributed by atoms with Gasteiger partial charge in [-0.2, -0.15) is 0 Å². The number of anilines is 1. The van der Waals surface area contributed by atoms with Crippen molar-refractivity contribution in [2.75, 3.05) is 26.0 Å². The highest BCUT2D eigenvalue weighted by molar-refractivity contribution is 5.94. The fraction of sp³-hybridized carbons (Fsp3) is 0.500. The molecule has 5 heteroatoms. The summed E-state index contributed by atoms with van der Waals surface area (Å²) in [5.41, 5.74) is 5.61. The van der Waals surface area contributed by atoms with Crippen LogP contribution in [0.2, 0.25) is 0 Å². The Hall–Kier alpha value is -1.62. The van der Waals surface area contributed by atoms with Gasteiger partial charge in [0.1, 0.15) is 5.82 Å². The molecule has 0 unspecified atom stereocenters. The van der Waals surface area contributed by atoms with Crippen molar-refractivity contribution < 1.29 is 13.9 Å². The molecule has 4 nitrogen and oxygen atoms in total. The van der Waals surface area contributed by atoms with E-state index in [2.05, 4.69) is 5.32 Å². The maximum atomic E-state index is 13.3. The Morgan fingerprint density at radius 2 is 2.16 bits per heavy atom. The first kappa shape index (κ1) is 15.4. The molecule has 0 fully saturated rings. The number of nitrogen functional groups attached to an aromatic ring is 1. The number of benzene rings is 1. The van der Waals surface area contributed by atoms with Crippen LogP contribution < -0.4 is 11.1 Å². The first-order chi connectivity index (χ1) is 8.85. The van der Waals surface area contributed by atoms with Crippen molar-refractivity contribution in [3.05, 3.63) is 29.6 Å². The van der Waals surface area contributed by atoms with Gasteiger partial charge in [0.25, 0.3) is 5.91 Å². The molecular formula is C14H21FN2O2. The summed E-state index contributed by atoms with van der Waals surface area (Å²) in [5, 5.41) is 2.79. The van der Waals surface area contributed by atoms with Gasteiger partial charge in [0.05, 0.1) is 5.69 Å². The van der Waals surface area contributed by atoms with E-state index >= 15 is 0 Å². The van der Waals surface area contributed by atoms with Crippen molar-refractivity contribution in [1.29, 1.82) is 0 Å². The van der Waals surface area contributed by atoms with Gasteiger partial charge in [-0.1, -0.05) is 13.8 Å². The predicted octanol–water partition coefficient (Wildman–Crippen LogP) is 2.20. The minimum absolute atomic E-state index is 0.0389. The number of rotatable bonds is 6. The summed E-state index contributed by atoms with van der Waals surface area (Å²) in [4.78, 5) is 11.9. The number of amides is 1. The van der Waals surface area contributed by atoms with Crippen molar-refractivity contribution in [1.82, 2.24) is 5.32 Å². The summed E-state index contributed by atoms with van der Waals surface area (Å²) in [7, 11) is 1.64. The number of methoxy groups -OCH3 is 1. The van der Waals surface area contributed by atoms with E-state index in [4.69, 9.17) is 10.5 Å². The monoisotopic (exact) mass is 268 g/mol. The lowest BCUT2D eigenvalue weighted by Gasteiger charge is -2.24. The maximum absolute atomic E-state index is 13.3. The highest BCUT2D eigenvalue weighted by Gasteiger charge is 2.19. The number of nitrogens with two attached hydrogens (primary N) is 1. The minimum Gasteiger partial charge on any atom is -0.396 e. The minimum atomic E-state index is -0.578. The molecule has 0 aliphatic rings. The van der Waals surface area contributed by atoms with Crippen LogP contribution in [0.15, 0.2) is 18.2 Å². The Bertz CT molecular complexity index is 447. The van der Waals surface area contributed by atoms with Gasteiger partial charge in [-0.05, 0) is 30.0 Å². The van der Waals surface area contributed by atoms with Gasteiger partial charge in [-0.15, -0.1) is 0 Å². The second-order valence-electron chi connectivity index (χ2n) is 5.33. The first-order valence-electron chi connectivity index (χ1n) is 6.18. The molecule has 106 valence electrons. The van der Waals surface area contributed by atoms with E-state index in [9.17, 15) is 9.18 Å². The van der Waals surface area contributed by atoms with Crippen LogP contribution in [-0.2, 0) is 4.74 Å². The largest absolute Gasteiger partial charge is 0.396 e. The number of nitrogens with one attached hydrogen (secondary N) is 1. The van der Waals surface area contributed by atoms with Gasteiger partial charge >= 0.3 is 0 Å². The lowest BCUT2D eigenvalue weighted by molar-refractivity contribution is 0.0920. The van der Waals surface area contributed by atoms with Crippen LogP contribution in [0.3, 0.4) is 0 Å². The van der Waals surface area contributed by atoms with Crippen LogP contribution in [0.5, 0.6) is 0 Å². The summed E-state index contributed by atoms with van der Waals surface area (Å²) < 4.78 is 18.3. The third-order valence-electron chi connectivity index (χ3n) is 2.97. The van der Waals surface area contributed by atoms with Crippen LogP contribution in [-0.4, -0.2) is 26.2 Å². The highest BCUT2D eigenvalue weighted by Crippen LogP contribution is 2.19. The summed E-state index contributed by atoms with van der Waals surface area (Å²) in [6.07, 6.45) is 0.833. The molecule has 1 aromatic carbocycles. The third-order valence-corrected chi connectivity index (χ3v) is 2.97. The summed E-state index contributed by atoms with van der Waals surface area (Å²) in [6, 6.07) is 4.04.